The zero-order chi connectivity index (χ0) is 14.8. The largest absolute Gasteiger partial charge is 0.480 e. The van der Waals surface area contributed by atoms with Crippen molar-refractivity contribution in [1.29, 1.82) is 0 Å². The van der Waals surface area contributed by atoms with Crippen LogP contribution in [-0.4, -0.2) is 23.1 Å². The molecular weight excluding hydrogens is 273 g/mol. The molecule has 0 bridgehead atoms. The van der Waals surface area contributed by atoms with Crippen LogP contribution in [0.25, 0.3) is 0 Å². The van der Waals surface area contributed by atoms with Crippen molar-refractivity contribution in [2.24, 2.45) is 0 Å². The SMILES string of the molecule is COc1ccc(C(=O)c2cccc(C(F)(F)F)c2)nn1. The van der Waals surface area contributed by atoms with Crippen molar-refractivity contribution in [3.05, 3.63) is 53.2 Å². The van der Waals surface area contributed by atoms with Crippen LogP contribution in [0.2, 0.25) is 0 Å². The zero-order valence-electron chi connectivity index (χ0n) is 10.3. The summed E-state index contributed by atoms with van der Waals surface area (Å²) in [6.07, 6.45) is -4.50. The fourth-order valence-electron chi connectivity index (χ4n) is 1.53. The molecule has 1 aromatic carbocycles. The highest BCUT2D eigenvalue weighted by Crippen LogP contribution is 2.29. The van der Waals surface area contributed by atoms with E-state index in [0.29, 0.717) is 0 Å². The van der Waals surface area contributed by atoms with Crippen LogP contribution < -0.4 is 4.74 Å². The summed E-state index contributed by atoms with van der Waals surface area (Å²) in [5, 5.41) is 7.21. The number of aromatic nitrogens is 2. The molecule has 0 spiro atoms. The van der Waals surface area contributed by atoms with Gasteiger partial charge in [0.15, 0.2) is 0 Å². The van der Waals surface area contributed by atoms with Crippen molar-refractivity contribution >= 4 is 5.78 Å². The molecule has 0 aliphatic carbocycles. The number of alkyl halides is 3. The lowest BCUT2D eigenvalue weighted by Crippen LogP contribution is -2.09. The van der Waals surface area contributed by atoms with Gasteiger partial charge in [-0.2, -0.15) is 13.2 Å². The molecule has 0 fully saturated rings. The van der Waals surface area contributed by atoms with E-state index in [9.17, 15) is 18.0 Å². The summed E-state index contributed by atoms with van der Waals surface area (Å²) in [6, 6.07) is 6.91. The summed E-state index contributed by atoms with van der Waals surface area (Å²) in [6.45, 7) is 0. The lowest BCUT2D eigenvalue weighted by atomic mass is 10.0. The number of ether oxygens (including phenoxy) is 1. The summed E-state index contributed by atoms with van der Waals surface area (Å²) in [5.74, 6) is -0.420. The number of carbonyl (C=O) groups excluding carboxylic acids is 1. The number of rotatable bonds is 3. The third-order valence-corrected chi connectivity index (χ3v) is 2.53. The van der Waals surface area contributed by atoms with E-state index < -0.39 is 17.5 Å². The number of halogens is 3. The van der Waals surface area contributed by atoms with Crippen LogP contribution in [0.3, 0.4) is 0 Å². The van der Waals surface area contributed by atoms with Gasteiger partial charge < -0.3 is 4.74 Å². The van der Waals surface area contributed by atoms with Crippen molar-refractivity contribution in [1.82, 2.24) is 10.2 Å². The number of hydrogen-bond donors (Lipinski definition) is 0. The molecule has 104 valence electrons. The molecule has 2 rings (SSSR count). The van der Waals surface area contributed by atoms with E-state index in [2.05, 4.69) is 10.2 Å². The molecule has 0 unspecified atom stereocenters. The third-order valence-electron chi connectivity index (χ3n) is 2.53. The van der Waals surface area contributed by atoms with Crippen LogP contribution in [-0.2, 0) is 6.18 Å². The highest BCUT2D eigenvalue weighted by atomic mass is 19.4. The average Bonchev–Trinajstić information content (AvgIpc) is 2.46. The topological polar surface area (TPSA) is 52.1 Å². The number of carbonyl (C=O) groups is 1. The van der Waals surface area contributed by atoms with Gasteiger partial charge in [-0.25, -0.2) is 0 Å². The van der Waals surface area contributed by atoms with Crippen molar-refractivity contribution < 1.29 is 22.7 Å². The molecular formula is C13H9F3N2O2. The Kier molecular flexibility index (Phi) is 3.69. The standard InChI is InChI=1S/C13H9F3N2O2/c1-20-11-6-5-10(17-18-11)12(19)8-3-2-4-9(7-8)13(14,15)16/h2-7H,1H3. The summed E-state index contributed by atoms with van der Waals surface area (Å²) in [7, 11) is 1.39. The third kappa shape index (κ3) is 2.93. The lowest BCUT2D eigenvalue weighted by molar-refractivity contribution is -0.137. The molecule has 7 heteroatoms. The van der Waals surface area contributed by atoms with Crippen molar-refractivity contribution in [3.8, 4) is 5.88 Å². The van der Waals surface area contributed by atoms with Crippen LogP contribution in [0.15, 0.2) is 36.4 Å². The molecule has 4 nitrogen and oxygen atoms in total. The minimum atomic E-state index is -4.50. The number of methoxy groups -OCH3 is 1. The van der Waals surface area contributed by atoms with E-state index in [1.807, 2.05) is 0 Å². The van der Waals surface area contributed by atoms with Gasteiger partial charge in [0.05, 0.1) is 12.7 Å². The van der Waals surface area contributed by atoms with Gasteiger partial charge in [0.25, 0.3) is 0 Å². The highest BCUT2D eigenvalue weighted by molar-refractivity contribution is 6.07. The Morgan fingerprint density at radius 3 is 2.45 bits per heavy atom. The minimum Gasteiger partial charge on any atom is -0.480 e. The summed E-state index contributed by atoms with van der Waals surface area (Å²) < 4.78 is 42.5. The molecule has 0 saturated heterocycles. The van der Waals surface area contributed by atoms with Gasteiger partial charge in [0.2, 0.25) is 11.7 Å². The van der Waals surface area contributed by atoms with Crippen LogP contribution in [0.5, 0.6) is 5.88 Å². The first-order chi connectivity index (χ1) is 9.41. The molecule has 20 heavy (non-hydrogen) atoms. The fraction of sp³-hybridized carbons (Fsp3) is 0.154. The van der Waals surface area contributed by atoms with Gasteiger partial charge in [0, 0.05) is 11.6 Å². The van der Waals surface area contributed by atoms with Crippen LogP contribution in [0, 0.1) is 0 Å². The van der Waals surface area contributed by atoms with Crippen LogP contribution >= 0.6 is 0 Å². The van der Waals surface area contributed by atoms with E-state index in [0.717, 1.165) is 12.1 Å². The monoisotopic (exact) mass is 282 g/mol. The smallest absolute Gasteiger partial charge is 0.416 e. The van der Waals surface area contributed by atoms with Gasteiger partial charge >= 0.3 is 6.18 Å². The van der Waals surface area contributed by atoms with Gasteiger partial charge in [-0.15, -0.1) is 10.2 Å². The van der Waals surface area contributed by atoms with E-state index in [4.69, 9.17) is 4.74 Å². The van der Waals surface area contributed by atoms with E-state index in [1.165, 1.54) is 31.4 Å². The number of nitrogens with zero attached hydrogens (tertiary/aromatic N) is 2. The first-order valence-electron chi connectivity index (χ1n) is 5.51. The zero-order valence-corrected chi connectivity index (χ0v) is 10.3. The quantitative estimate of drug-likeness (QED) is 0.812. The molecule has 2 aromatic rings. The van der Waals surface area contributed by atoms with Crippen LogP contribution in [0.4, 0.5) is 13.2 Å². The van der Waals surface area contributed by atoms with Crippen molar-refractivity contribution in [2.45, 2.75) is 6.18 Å². The maximum atomic E-state index is 12.6. The Bertz CT molecular complexity index is 624. The van der Waals surface area contributed by atoms with Gasteiger partial charge in [-0.3, -0.25) is 4.79 Å². The summed E-state index contributed by atoms with van der Waals surface area (Å²) in [4.78, 5) is 12.0. The molecule has 0 N–H and O–H groups in total. The summed E-state index contributed by atoms with van der Waals surface area (Å²) >= 11 is 0. The normalized spacial score (nSPS) is 11.2. The first-order valence-corrected chi connectivity index (χ1v) is 5.51. The first kappa shape index (κ1) is 14.0. The second-order valence-electron chi connectivity index (χ2n) is 3.87. The van der Waals surface area contributed by atoms with Gasteiger partial charge in [-0.05, 0) is 18.2 Å². The Labute approximate surface area is 112 Å². The van der Waals surface area contributed by atoms with E-state index >= 15 is 0 Å². The molecule has 1 heterocycles. The molecule has 0 saturated carbocycles. The molecule has 0 aliphatic heterocycles. The minimum absolute atomic E-state index is 0.0508. The summed E-state index contributed by atoms with van der Waals surface area (Å²) in [5.41, 5.74) is -1.03. The fourth-order valence-corrected chi connectivity index (χ4v) is 1.53. The Hall–Kier alpha value is -2.44. The van der Waals surface area contributed by atoms with E-state index in [1.54, 1.807) is 0 Å². The van der Waals surface area contributed by atoms with Gasteiger partial charge in [-0.1, -0.05) is 12.1 Å². The Morgan fingerprint density at radius 2 is 1.90 bits per heavy atom. The van der Waals surface area contributed by atoms with Crippen molar-refractivity contribution in [2.75, 3.05) is 7.11 Å². The number of ketones is 1. The molecule has 1 aromatic heterocycles. The maximum absolute atomic E-state index is 12.6. The second kappa shape index (κ2) is 5.28. The van der Waals surface area contributed by atoms with Gasteiger partial charge in [0.1, 0.15) is 5.69 Å². The molecule has 0 atom stereocenters. The average molecular weight is 282 g/mol. The number of benzene rings is 1. The van der Waals surface area contributed by atoms with Crippen molar-refractivity contribution in [3.63, 3.8) is 0 Å². The lowest BCUT2D eigenvalue weighted by Gasteiger charge is -2.07. The van der Waals surface area contributed by atoms with Crippen LogP contribution in [0.1, 0.15) is 21.6 Å². The Balaban J connectivity index is 2.33. The van der Waals surface area contributed by atoms with E-state index in [-0.39, 0.29) is 17.1 Å². The highest BCUT2D eigenvalue weighted by Gasteiger charge is 2.31. The molecule has 0 amide bonds. The predicted molar refractivity (Wildman–Crippen MR) is 63.5 cm³/mol. The maximum Gasteiger partial charge on any atom is 0.416 e. The number of hydrogen-bond acceptors (Lipinski definition) is 4. The predicted octanol–water partition coefficient (Wildman–Crippen LogP) is 2.74. The second-order valence-corrected chi connectivity index (χ2v) is 3.87. The molecule has 0 radical (unpaired) electrons. The Morgan fingerprint density at radius 1 is 1.15 bits per heavy atom. The molecule has 0 aliphatic rings.